The van der Waals surface area contributed by atoms with Gasteiger partial charge in [0.1, 0.15) is 5.60 Å². The van der Waals surface area contributed by atoms with E-state index in [4.69, 9.17) is 9.47 Å². The van der Waals surface area contributed by atoms with Gasteiger partial charge in [-0.3, -0.25) is 0 Å². The molecule has 110 valence electrons. The Labute approximate surface area is 115 Å². The zero-order valence-corrected chi connectivity index (χ0v) is 12.4. The largest absolute Gasteiger partial charge is 0.444 e. The van der Waals surface area contributed by atoms with Crippen LogP contribution in [-0.4, -0.2) is 55.0 Å². The van der Waals surface area contributed by atoms with Gasteiger partial charge in [-0.25, -0.2) is 4.79 Å². The summed E-state index contributed by atoms with van der Waals surface area (Å²) >= 11 is 0. The number of nitrogens with one attached hydrogen (secondary N) is 1. The molecule has 2 fully saturated rings. The van der Waals surface area contributed by atoms with E-state index in [9.17, 15) is 4.79 Å². The molecule has 3 atom stereocenters. The quantitative estimate of drug-likeness (QED) is 0.791. The van der Waals surface area contributed by atoms with Crippen LogP contribution in [0.4, 0.5) is 4.79 Å². The predicted molar refractivity (Wildman–Crippen MR) is 73.2 cm³/mol. The molecule has 0 saturated carbocycles. The van der Waals surface area contributed by atoms with Crippen molar-refractivity contribution < 1.29 is 14.3 Å². The van der Waals surface area contributed by atoms with E-state index in [1.807, 2.05) is 25.7 Å². The number of hydrogen-bond donors (Lipinski definition) is 1. The zero-order chi connectivity index (χ0) is 14.0. The molecule has 1 N–H and O–H groups in total. The van der Waals surface area contributed by atoms with Gasteiger partial charge >= 0.3 is 6.09 Å². The van der Waals surface area contributed by atoms with Crippen LogP contribution in [0.1, 0.15) is 40.0 Å². The van der Waals surface area contributed by atoms with Crippen molar-refractivity contribution in [2.45, 2.75) is 63.8 Å². The van der Waals surface area contributed by atoms with Gasteiger partial charge in [0.15, 0.2) is 0 Å². The van der Waals surface area contributed by atoms with Crippen LogP contribution in [0.3, 0.4) is 0 Å². The molecule has 2 saturated heterocycles. The van der Waals surface area contributed by atoms with Crippen molar-refractivity contribution in [2.24, 2.45) is 0 Å². The van der Waals surface area contributed by atoms with E-state index in [2.05, 4.69) is 5.32 Å². The van der Waals surface area contributed by atoms with Gasteiger partial charge in [0.25, 0.3) is 0 Å². The molecule has 1 amide bonds. The third-order valence-corrected chi connectivity index (χ3v) is 3.85. The molecule has 1 unspecified atom stereocenters. The molecule has 0 aromatic heterocycles. The lowest BCUT2D eigenvalue weighted by molar-refractivity contribution is 0.0210. The van der Waals surface area contributed by atoms with Gasteiger partial charge in [-0.15, -0.1) is 0 Å². The summed E-state index contributed by atoms with van der Waals surface area (Å²) in [5.74, 6) is 0. The first-order chi connectivity index (χ1) is 8.92. The minimum atomic E-state index is -0.419. The first-order valence-corrected chi connectivity index (χ1v) is 7.16. The van der Waals surface area contributed by atoms with E-state index in [0.717, 1.165) is 25.8 Å². The summed E-state index contributed by atoms with van der Waals surface area (Å²) in [6.07, 6.45) is 3.06. The number of hydrogen-bond acceptors (Lipinski definition) is 4. The van der Waals surface area contributed by atoms with Gasteiger partial charge in [-0.1, -0.05) is 0 Å². The molecule has 5 heteroatoms. The number of nitrogens with zero attached hydrogens (tertiary/aromatic N) is 1. The molecule has 2 bridgehead atoms. The molecular formula is C14H26N2O3. The van der Waals surface area contributed by atoms with E-state index >= 15 is 0 Å². The Morgan fingerprint density at radius 2 is 2.11 bits per heavy atom. The summed E-state index contributed by atoms with van der Waals surface area (Å²) < 4.78 is 10.6. The van der Waals surface area contributed by atoms with Crippen molar-refractivity contribution in [1.82, 2.24) is 10.2 Å². The standard InChI is InChI=1S/C14H26N2O3/c1-14(2,3)19-13(17)16-10-5-6-12(16)11(9-10)15-7-8-18-4/h10-12,15H,5-9H2,1-4H3/t10-,11?,12+/m1/s1. The lowest BCUT2D eigenvalue weighted by Gasteiger charge is -2.28. The molecule has 0 aromatic carbocycles. The van der Waals surface area contributed by atoms with Crippen LogP contribution in [0.15, 0.2) is 0 Å². The number of methoxy groups -OCH3 is 1. The molecule has 2 aliphatic rings. The van der Waals surface area contributed by atoms with Crippen LogP contribution < -0.4 is 5.32 Å². The van der Waals surface area contributed by atoms with Crippen molar-refractivity contribution >= 4 is 6.09 Å². The van der Waals surface area contributed by atoms with E-state index in [0.29, 0.717) is 18.7 Å². The van der Waals surface area contributed by atoms with Crippen LogP contribution in [-0.2, 0) is 9.47 Å². The predicted octanol–water partition coefficient (Wildman–Crippen LogP) is 1.76. The van der Waals surface area contributed by atoms with Gasteiger partial charge in [0.05, 0.1) is 12.6 Å². The zero-order valence-electron chi connectivity index (χ0n) is 12.4. The molecule has 0 radical (unpaired) electrons. The van der Waals surface area contributed by atoms with Crippen LogP contribution in [0, 0.1) is 0 Å². The fourth-order valence-electron chi connectivity index (χ4n) is 3.15. The van der Waals surface area contributed by atoms with Crippen LogP contribution in [0.25, 0.3) is 0 Å². The SMILES string of the molecule is COCCNC1C[C@H]2CC[C@@H]1N2C(=O)OC(C)(C)C. The molecule has 0 aliphatic carbocycles. The molecule has 5 nitrogen and oxygen atoms in total. The highest BCUT2D eigenvalue weighted by Crippen LogP contribution is 2.38. The Morgan fingerprint density at radius 1 is 1.37 bits per heavy atom. The second-order valence-corrected chi connectivity index (χ2v) is 6.48. The van der Waals surface area contributed by atoms with Crippen LogP contribution in [0.2, 0.25) is 0 Å². The highest BCUT2D eigenvalue weighted by molar-refractivity contribution is 5.70. The summed E-state index contributed by atoms with van der Waals surface area (Å²) in [4.78, 5) is 14.2. The summed E-state index contributed by atoms with van der Waals surface area (Å²) in [6, 6.07) is 1.03. The number of rotatable bonds is 4. The maximum atomic E-state index is 12.2. The molecule has 2 aliphatic heterocycles. The third kappa shape index (κ3) is 3.39. The fraction of sp³-hybridized carbons (Fsp3) is 0.929. The first-order valence-electron chi connectivity index (χ1n) is 7.16. The van der Waals surface area contributed by atoms with Crippen molar-refractivity contribution in [3.05, 3.63) is 0 Å². The number of fused-ring (bicyclic) bond motifs is 2. The second-order valence-electron chi connectivity index (χ2n) is 6.48. The van der Waals surface area contributed by atoms with Crippen LogP contribution >= 0.6 is 0 Å². The molecule has 0 aromatic rings. The Hall–Kier alpha value is -0.810. The van der Waals surface area contributed by atoms with Crippen molar-refractivity contribution in [3.8, 4) is 0 Å². The fourth-order valence-corrected chi connectivity index (χ4v) is 3.15. The smallest absolute Gasteiger partial charge is 0.410 e. The topological polar surface area (TPSA) is 50.8 Å². The monoisotopic (exact) mass is 270 g/mol. The third-order valence-electron chi connectivity index (χ3n) is 3.85. The maximum Gasteiger partial charge on any atom is 0.410 e. The highest BCUT2D eigenvalue weighted by Gasteiger charge is 2.49. The maximum absolute atomic E-state index is 12.2. The van der Waals surface area contributed by atoms with Crippen molar-refractivity contribution in [1.29, 1.82) is 0 Å². The number of carbonyl (C=O) groups is 1. The number of amides is 1. The molecule has 19 heavy (non-hydrogen) atoms. The van der Waals surface area contributed by atoms with Gasteiger partial charge in [-0.2, -0.15) is 0 Å². The van der Waals surface area contributed by atoms with E-state index < -0.39 is 5.60 Å². The normalized spacial score (nSPS) is 29.9. The van der Waals surface area contributed by atoms with Crippen LogP contribution in [0.5, 0.6) is 0 Å². The minimum Gasteiger partial charge on any atom is -0.444 e. The lowest BCUT2D eigenvalue weighted by Crippen LogP contribution is -2.45. The Balaban J connectivity index is 1.91. The van der Waals surface area contributed by atoms with Gasteiger partial charge in [0.2, 0.25) is 0 Å². The van der Waals surface area contributed by atoms with E-state index in [-0.39, 0.29) is 12.1 Å². The van der Waals surface area contributed by atoms with Crippen molar-refractivity contribution in [2.75, 3.05) is 20.3 Å². The highest BCUT2D eigenvalue weighted by atomic mass is 16.6. The molecule has 0 spiro atoms. The number of ether oxygens (including phenoxy) is 2. The molecular weight excluding hydrogens is 244 g/mol. The summed E-state index contributed by atoms with van der Waals surface area (Å²) in [5, 5.41) is 3.49. The minimum absolute atomic E-state index is 0.156. The average molecular weight is 270 g/mol. The van der Waals surface area contributed by atoms with E-state index in [1.165, 1.54) is 0 Å². The second kappa shape index (κ2) is 5.67. The number of carbonyl (C=O) groups excluding carboxylic acids is 1. The van der Waals surface area contributed by atoms with Gasteiger partial charge in [0, 0.05) is 25.7 Å². The Kier molecular flexibility index (Phi) is 4.36. The lowest BCUT2D eigenvalue weighted by atomic mass is 9.95. The summed E-state index contributed by atoms with van der Waals surface area (Å²) in [7, 11) is 1.70. The molecule has 2 heterocycles. The Morgan fingerprint density at radius 3 is 2.74 bits per heavy atom. The summed E-state index contributed by atoms with van der Waals surface area (Å²) in [6.45, 7) is 7.29. The first kappa shape index (κ1) is 14.6. The average Bonchev–Trinajstić information content (AvgIpc) is 2.84. The summed E-state index contributed by atoms with van der Waals surface area (Å²) in [5.41, 5.74) is -0.419. The van der Waals surface area contributed by atoms with Crippen molar-refractivity contribution in [3.63, 3.8) is 0 Å². The Bertz CT molecular complexity index is 327. The van der Waals surface area contributed by atoms with Gasteiger partial charge < -0.3 is 19.7 Å². The van der Waals surface area contributed by atoms with Gasteiger partial charge in [-0.05, 0) is 40.0 Å². The molecule has 2 rings (SSSR count). The van der Waals surface area contributed by atoms with E-state index in [1.54, 1.807) is 7.11 Å².